The van der Waals surface area contributed by atoms with Crippen molar-refractivity contribution in [3.63, 3.8) is 0 Å². The summed E-state index contributed by atoms with van der Waals surface area (Å²) in [5.41, 5.74) is 2.82. The summed E-state index contributed by atoms with van der Waals surface area (Å²) < 4.78 is 2.02. The van der Waals surface area contributed by atoms with Crippen LogP contribution in [-0.2, 0) is 18.5 Å². The van der Waals surface area contributed by atoms with E-state index in [1.165, 1.54) is 24.0 Å². The third kappa shape index (κ3) is 4.10. The zero-order valence-corrected chi connectivity index (χ0v) is 15.6. The van der Waals surface area contributed by atoms with Gasteiger partial charge in [-0.15, -0.1) is 0 Å². The molecule has 2 aromatic rings. The van der Waals surface area contributed by atoms with E-state index in [0.29, 0.717) is 6.04 Å². The molecule has 1 N–H and O–H groups in total. The van der Waals surface area contributed by atoms with Crippen LogP contribution in [0, 0.1) is 0 Å². The Morgan fingerprint density at radius 1 is 1.28 bits per heavy atom. The maximum atomic E-state index is 9.36. The van der Waals surface area contributed by atoms with Crippen LogP contribution in [-0.4, -0.2) is 37.9 Å². The highest BCUT2D eigenvalue weighted by Crippen LogP contribution is 2.35. The molecule has 0 aliphatic heterocycles. The molecule has 5 nitrogen and oxygen atoms in total. The molecule has 3 rings (SSSR count). The molecule has 0 bridgehead atoms. The van der Waals surface area contributed by atoms with Crippen LogP contribution in [0.1, 0.15) is 63.0 Å². The molecular weight excluding hydrogens is 312 g/mol. The molecular formula is C20H30N4O. The Morgan fingerprint density at radius 2 is 2.08 bits per heavy atom. The highest BCUT2D eigenvalue weighted by Gasteiger charge is 2.28. The van der Waals surface area contributed by atoms with Crippen molar-refractivity contribution in [2.75, 3.05) is 13.2 Å². The monoisotopic (exact) mass is 342 g/mol. The first kappa shape index (κ1) is 18.1. The molecule has 0 saturated carbocycles. The van der Waals surface area contributed by atoms with Crippen molar-refractivity contribution in [2.24, 2.45) is 0 Å². The number of nitrogens with zero attached hydrogens (tertiary/aromatic N) is 4. The molecule has 1 aliphatic carbocycles. The van der Waals surface area contributed by atoms with E-state index >= 15 is 0 Å². The minimum atomic E-state index is -0.0844. The maximum absolute atomic E-state index is 9.36. The topological polar surface area (TPSA) is 54.2 Å². The normalized spacial score (nSPS) is 17.7. The quantitative estimate of drug-likeness (QED) is 0.875. The highest BCUT2D eigenvalue weighted by molar-refractivity contribution is 5.32. The van der Waals surface area contributed by atoms with Gasteiger partial charge in [0.25, 0.3) is 0 Å². The molecule has 0 saturated heterocycles. The SMILES string of the molecule is CC(C)(C)n1ncnc1CN(CCCO)[C@H]1CCCc2ccccc21. The summed E-state index contributed by atoms with van der Waals surface area (Å²) in [4.78, 5) is 7.00. The van der Waals surface area contributed by atoms with Crippen LogP contribution in [0.25, 0.3) is 0 Å². The molecule has 25 heavy (non-hydrogen) atoms. The van der Waals surface area contributed by atoms with Crippen molar-refractivity contribution >= 4 is 0 Å². The number of hydrogen-bond donors (Lipinski definition) is 1. The minimum Gasteiger partial charge on any atom is -0.396 e. The standard InChI is InChI=1S/C20H30N4O/c1-20(2,3)24-19(21-15-22-24)14-23(12-7-13-25)18-11-6-9-16-8-4-5-10-17(16)18/h4-5,8,10,15,18,25H,6-7,9,11-14H2,1-3H3/t18-/m0/s1. The average Bonchev–Trinajstić information content (AvgIpc) is 3.07. The van der Waals surface area contributed by atoms with Crippen molar-refractivity contribution < 1.29 is 5.11 Å². The van der Waals surface area contributed by atoms with Crippen LogP contribution in [0.3, 0.4) is 0 Å². The van der Waals surface area contributed by atoms with Crippen molar-refractivity contribution in [2.45, 2.75) is 64.6 Å². The van der Waals surface area contributed by atoms with Gasteiger partial charge in [0.2, 0.25) is 0 Å². The number of aromatic nitrogens is 3. The Hall–Kier alpha value is -1.72. The summed E-state index contributed by atoms with van der Waals surface area (Å²) in [5.74, 6) is 0.994. The van der Waals surface area contributed by atoms with Gasteiger partial charge in [-0.2, -0.15) is 5.10 Å². The summed E-state index contributed by atoms with van der Waals surface area (Å²) in [5, 5.41) is 13.8. The maximum Gasteiger partial charge on any atom is 0.141 e. The Bertz CT molecular complexity index is 689. The summed E-state index contributed by atoms with van der Waals surface area (Å²) in [7, 11) is 0. The average molecular weight is 342 g/mol. The van der Waals surface area contributed by atoms with Crippen LogP contribution >= 0.6 is 0 Å². The van der Waals surface area contributed by atoms with E-state index in [-0.39, 0.29) is 12.1 Å². The second-order valence-electron chi connectivity index (χ2n) is 7.91. The van der Waals surface area contributed by atoms with Gasteiger partial charge in [-0.3, -0.25) is 4.90 Å². The molecule has 1 heterocycles. The lowest BCUT2D eigenvalue weighted by atomic mass is 9.86. The fourth-order valence-electron chi connectivity index (χ4n) is 3.84. The van der Waals surface area contributed by atoms with Gasteiger partial charge in [-0.25, -0.2) is 9.67 Å². The highest BCUT2D eigenvalue weighted by atomic mass is 16.3. The molecule has 0 radical (unpaired) electrons. The summed E-state index contributed by atoms with van der Waals surface area (Å²) >= 11 is 0. The van der Waals surface area contributed by atoms with E-state index in [2.05, 4.69) is 60.0 Å². The van der Waals surface area contributed by atoms with E-state index in [9.17, 15) is 5.11 Å². The van der Waals surface area contributed by atoms with Crippen molar-refractivity contribution in [3.05, 3.63) is 47.5 Å². The molecule has 1 aromatic heterocycles. The Morgan fingerprint density at radius 3 is 2.84 bits per heavy atom. The van der Waals surface area contributed by atoms with Crippen LogP contribution in [0.5, 0.6) is 0 Å². The fourth-order valence-corrected chi connectivity index (χ4v) is 3.84. The first-order chi connectivity index (χ1) is 12.0. The Kier molecular flexibility index (Phi) is 5.54. The summed E-state index contributed by atoms with van der Waals surface area (Å²) in [6.07, 6.45) is 5.97. The molecule has 0 amide bonds. The third-order valence-corrected chi connectivity index (χ3v) is 4.98. The number of aliphatic hydroxyl groups is 1. The molecule has 136 valence electrons. The van der Waals surface area contributed by atoms with E-state index in [0.717, 1.165) is 31.8 Å². The van der Waals surface area contributed by atoms with Gasteiger partial charge in [-0.1, -0.05) is 24.3 Å². The van der Waals surface area contributed by atoms with E-state index in [4.69, 9.17) is 0 Å². The van der Waals surface area contributed by atoms with Crippen LogP contribution in [0.15, 0.2) is 30.6 Å². The van der Waals surface area contributed by atoms with Crippen LogP contribution in [0.2, 0.25) is 0 Å². The first-order valence-corrected chi connectivity index (χ1v) is 9.33. The molecule has 0 spiro atoms. The Balaban J connectivity index is 1.88. The zero-order chi connectivity index (χ0) is 17.9. The fraction of sp³-hybridized carbons (Fsp3) is 0.600. The number of aliphatic hydroxyl groups excluding tert-OH is 1. The molecule has 0 fully saturated rings. The van der Waals surface area contributed by atoms with Gasteiger partial charge in [0.05, 0.1) is 12.1 Å². The number of hydrogen-bond acceptors (Lipinski definition) is 4. The third-order valence-electron chi connectivity index (χ3n) is 4.98. The number of fused-ring (bicyclic) bond motifs is 1. The summed E-state index contributed by atoms with van der Waals surface area (Å²) in [6, 6.07) is 9.18. The lowest BCUT2D eigenvalue weighted by molar-refractivity contribution is 0.143. The smallest absolute Gasteiger partial charge is 0.141 e. The zero-order valence-electron chi connectivity index (χ0n) is 15.6. The van der Waals surface area contributed by atoms with Crippen LogP contribution < -0.4 is 0 Å². The van der Waals surface area contributed by atoms with Gasteiger partial charge in [0, 0.05) is 19.2 Å². The molecule has 5 heteroatoms. The van der Waals surface area contributed by atoms with E-state index in [1.54, 1.807) is 6.33 Å². The van der Waals surface area contributed by atoms with Crippen molar-refractivity contribution in [3.8, 4) is 0 Å². The molecule has 1 aromatic carbocycles. The number of aryl methyl sites for hydroxylation is 1. The first-order valence-electron chi connectivity index (χ1n) is 9.33. The second-order valence-corrected chi connectivity index (χ2v) is 7.91. The van der Waals surface area contributed by atoms with Crippen LogP contribution in [0.4, 0.5) is 0 Å². The largest absolute Gasteiger partial charge is 0.396 e. The molecule has 1 atom stereocenters. The van der Waals surface area contributed by atoms with Gasteiger partial charge in [0.15, 0.2) is 0 Å². The van der Waals surface area contributed by atoms with Crippen molar-refractivity contribution in [1.29, 1.82) is 0 Å². The summed E-state index contributed by atoms with van der Waals surface area (Å²) in [6.45, 7) is 8.30. The van der Waals surface area contributed by atoms with Gasteiger partial charge in [0.1, 0.15) is 12.2 Å². The second kappa shape index (κ2) is 7.67. The van der Waals surface area contributed by atoms with Gasteiger partial charge in [-0.05, 0) is 57.6 Å². The predicted octanol–water partition coefficient (Wildman–Crippen LogP) is 3.30. The van der Waals surface area contributed by atoms with E-state index in [1.807, 2.05) is 4.68 Å². The number of rotatable bonds is 6. The van der Waals surface area contributed by atoms with Crippen molar-refractivity contribution in [1.82, 2.24) is 19.7 Å². The lowest BCUT2D eigenvalue weighted by Gasteiger charge is -2.36. The number of benzene rings is 1. The Labute approximate surface area is 150 Å². The molecule has 0 unspecified atom stereocenters. The minimum absolute atomic E-state index is 0.0844. The van der Waals surface area contributed by atoms with E-state index < -0.39 is 0 Å². The van der Waals surface area contributed by atoms with Gasteiger partial charge < -0.3 is 5.11 Å². The lowest BCUT2D eigenvalue weighted by Crippen LogP contribution is -2.35. The predicted molar refractivity (Wildman–Crippen MR) is 99.3 cm³/mol. The van der Waals surface area contributed by atoms with Gasteiger partial charge >= 0.3 is 0 Å². The molecule has 1 aliphatic rings.